The summed E-state index contributed by atoms with van der Waals surface area (Å²) < 4.78 is 5.22. The van der Waals surface area contributed by atoms with Gasteiger partial charge in [0.15, 0.2) is 0 Å². The lowest BCUT2D eigenvalue weighted by Crippen LogP contribution is -2.22. The summed E-state index contributed by atoms with van der Waals surface area (Å²) in [6.07, 6.45) is -0.569. The van der Waals surface area contributed by atoms with E-state index in [-0.39, 0.29) is 0 Å². The van der Waals surface area contributed by atoms with E-state index < -0.39 is 12.1 Å². The molecule has 3 heteroatoms. The summed E-state index contributed by atoms with van der Waals surface area (Å²) in [5.41, 5.74) is 5.61. The molecule has 0 bridgehead atoms. The maximum Gasteiger partial charge on any atom is 0.123 e. The number of rotatable bonds is 2. The third kappa shape index (κ3) is 1.82. The van der Waals surface area contributed by atoms with E-state index in [9.17, 15) is 0 Å². The van der Waals surface area contributed by atoms with Gasteiger partial charge in [0.2, 0.25) is 0 Å². The van der Waals surface area contributed by atoms with Crippen LogP contribution >= 0.6 is 0 Å². The molecule has 2 atom stereocenters. The molecule has 1 rings (SSSR count). The lowest BCUT2D eigenvalue weighted by molar-refractivity contribution is 0.153. The molecular weight excluding hydrogens is 142 g/mol. The van der Waals surface area contributed by atoms with Crippen LogP contribution in [0.15, 0.2) is 16.5 Å². The smallest absolute Gasteiger partial charge is 0.123 e. The molecule has 0 aliphatic carbocycles. The molecule has 62 valence electrons. The van der Waals surface area contributed by atoms with Crippen molar-refractivity contribution >= 4 is 0 Å². The number of aliphatic hydroxyl groups excluding tert-OH is 1. The van der Waals surface area contributed by atoms with Crippen molar-refractivity contribution in [2.75, 3.05) is 0 Å². The molecule has 0 saturated carbocycles. The molecule has 1 heterocycles. The van der Waals surface area contributed by atoms with Crippen LogP contribution in [0.1, 0.15) is 24.5 Å². The predicted molar refractivity (Wildman–Crippen MR) is 42.1 cm³/mol. The molecule has 1 aromatic rings. The van der Waals surface area contributed by atoms with Gasteiger partial charge in [-0.25, -0.2) is 0 Å². The highest BCUT2D eigenvalue weighted by Gasteiger charge is 2.14. The fourth-order valence-electron chi connectivity index (χ4n) is 0.870. The highest BCUT2D eigenvalue weighted by Crippen LogP contribution is 2.16. The number of aliphatic hydroxyl groups is 1. The zero-order valence-corrected chi connectivity index (χ0v) is 6.74. The van der Waals surface area contributed by atoms with Crippen molar-refractivity contribution in [3.05, 3.63) is 23.7 Å². The largest absolute Gasteiger partial charge is 0.465 e. The van der Waals surface area contributed by atoms with Gasteiger partial charge < -0.3 is 15.3 Å². The molecule has 11 heavy (non-hydrogen) atoms. The lowest BCUT2D eigenvalue weighted by atomic mass is 10.1. The van der Waals surface area contributed by atoms with Crippen molar-refractivity contribution in [2.24, 2.45) is 5.73 Å². The first-order valence-corrected chi connectivity index (χ1v) is 3.61. The van der Waals surface area contributed by atoms with E-state index in [1.807, 2.05) is 13.0 Å². The maximum absolute atomic E-state index is 9.10. The Bertz CT molecular complexity index is 230. The van der Waals surface area contributed by atoms with Gasteiger partial charge in [0, 0.05) is 0 Å². The number of furan rings is 1. The SMILES string of the molecule is Cc1ccc([C@@H](N)C(C)O)o1. The maximum atomic E-state index is 9.10. The van der Waals surface area contributed by atoms with Crippen LogP contribution in [0.5, 0.6) is 0 Å². The second-order valence-corrected chi connectivity index (χ2v) is 2.71. The minimum Gasteiger partial charge on any atom is -0.465 e. The van der Waals surface area contributed by atoms with Gasteiger partial charge in [-0.15, -0.1) is 0 Å². The zero-order chi connectivity index (χ0) is 8.43. The molecule has 0 aromatic carbocycles. The molecular formula is C8H13NO2. The van der Waals surface area contributed by atoms with Crippen LogP contribution < -0.4 is 5.73 Å². The van der Waals surface area contributed by atoms with Crippen LogP contribution in [-0.2, 0) is 0 Å². The van der Waals surface area contributed by atoms with Crippen LogP contribution in [0, 0.1) is 6.92 Å². The average Bonchev–Trinajstić information content (AvgIpc) is 2.34. The van der Waals surface area contributed by atoms with Crippen molar-refractivity contribution in [2.45, 2.75) is 26.0 Å². The molecule has 3 N–H and O–H groups in total. The van der Waals surface area contributed by atoms with Crippen molar-refractivity contribution in [3.63, 3.8) is 0 Å². The third-order valence-electron chi connectivity index (χ3n) is 1.61. The molecule has 1 aromatic heterocycles. The lowest BCUT2D eigenvalue weighted by Gasteiger charge is -2.10. The van der Waals surface area contributed by atoms with Crippen LogP contribution in [0.3, 0.4) is 0 Å². The number of aryl methyl sites for hydroxylation is 1. The highest BCUT2D eigenvalue weighted by molar-refractivity contribution is 5.09. The van der Waals surface area contributed by atoms with Gasteiger partial charge in [-0.05, 0) is 26.0 Å². The van der Waals surface area contributed by atoms with Gasteiger partial charge in [0.25, 0.3) is 0 Å². The van der Waals surface area contributed by atoms with E-state index in [1.54, 1.807) is 13.0 Å². The van der Waals surface area contributed by atoms with E-state index in [2.05, 4.69) is 0 Å². The first-order valence-electron chi connectivity index (χ1n) is 3.61. The molecule has 0 spiro atoms. The molecule has 0 aliphatic rings. The van der Waals surface area contributed by atoms with Crippen LogP contribution in [0.25, 0.3) is 0 Å². The van der Waals surface area contributed by atoms with Crippen LogP contribution in [0.2, 0.25) is 0 Å². The average molecular weight is 155 g/mol. The normalized spacial score (nSPS) is 16.4. The molecule has 1 unspecified atom stereocenters. The minimum absolute atomic E-state index is 0.413. The Labute approximate surface area is 65.8 Å². The van der Waals surface area contributed by atoms with E-state index in [0.717, 1.165) is 5.76 Å². The summed E-state index contributed by atoms with van der Waals surface area (Å²) in [7, 11) is 0. The van der Waals surface area contributed by atoms with Gasteiger partial charge in [-0.2, -0.15) is 0 Å². The summed E-state index contributed by atoms with van der Waals surface area (Å²) in [6.45, 7) is 3.49. The first kappa shape index (κ1) is 8.30. The Morgan fingerprint density at radius 1 is 1.55 bits per heavy atom. The Morgan fingerprint density at radius 3 is 2.55 bits per heavy atom. The second kappa shape index (κ2) is 3.07. The first-order chi connectivity index (χ1) is 5.11. The minimum atomic E-state index is -0.569. The van der Waals surface area contributed by atoms with Gasteiger partial charge in [-0.1, -0.05) is 0 Å². The number of hydrogen-bond acceptors (Lipinski definition) is 3. The number of nitrogens with two attached hydrogens (primary N) is 1. The monoisotopic (exact) mass is 155 g/mol. The van der Waals surface area contributed by atoms with E-state index in [1.165, 1.54) is 0 Å². The molecule has 0 saturated heterocycles. The predicted octanol–water partition coefficient (Wildman–Crippen LogP) is 0.969. The van der Waals surface area contributed by atoms with E-state index >= 15 is 0 Å². The van der Waals surface area contributed by atoms with Crippen LogP contribution in [-0.4, -0.2) is 11.2 Å². The standard InChI is InChI=1S/C8H13NO2/c1-5-3-4-7(11-5)8(9)6(2)10/h3-4,6,8,10H,9H2,1-2H3/t6?,8-/m0/s1. The Kier molecular flexibility index (Phi) is 2.31. The number of hydrogen-bond donors (Lipinski definition) is 2. The fourth-order valence-corrected chi connectivity index (χ4v) is 0.870. The van der Waals surface area contributed by atoms with Gasteiger partial charge in [0.05, 0.1) is 12.1 Å². The highest BCUT2D eigenvalue weighted by atomic mass is 16.3. The quantitative estimate of drug-likeness (QED) is 0.669. The Hall–Kier alpha value is -0.800. The molecule has 0 aliphatic heterocycles. The van der Waals surface area contributed by atoms with Gasteiger partial charge in [0.1, 0.15) is 11.5 Å². The topological polar surface area (TPSA) is 59.4 Å². The third-order valence-corrected chi connectivity index (χ3v) is 1.61. The van der Waals surface area contributed by atoms with Crippen LogP contribution in [0.4, 0.5) is 0 Å². The van der Waals surface area contributed by atoms with Crippen molar-refractivity contribution in [1.82, 2.24) is 0 Å². The molecule has 0 amide bonds. The second-order valence-electron chi connectivity index (χ2n) is 2.71. The van der Waals surface area contributed by atoms with Gasteiger partial charge >= 0.3 is 0 Å². The van der Waals surface area contributed by atoms with E-state index in [4.69, 9.17) is 15.3 Å². The van der Waals surface area contributed by atoms with Gasteiger partial charge in [-0.3, -0.25) is 0 Å². The Morgan fingerprint density at radius 2 is 2.18 bits per heavy atom. The molecule has 0 fully saturated rings. The zero-order valence-electron chi connectivity index (χ0n) is 6.74. The summed E-state index contributed by atoms with van der Waals surface area (Å²) >= 11 is 0. The fraction of sp³-hybridized carbons (Fsp3) is 0.500. The summed E-state index contributed by atoms with van der Waals surface area (Å²) in [5, 5.41) is 9.10. The molecule has 3 nitrogen and oxygen atoms in total. The van der Waals surface area contributed by atoms with E-state index in [0.29, 0.717) is 5.76 Å². The molecule has 0 radical (unpaired) electrons. The van der Waals surface area contributed by atoms with Crippen molar-refractivity contribution in [3.8, 4) is 0 Å². The summed E-state index contributed by atoms with van der Waals surface area (Å²) in [4.78, 5) is 0. The van der Waals surface area contributed by atoms with Crippen molar-refractivity contribution < 1.29 is 9.52 Å². The summed E-state index contributed by atoms with van der Waals surface area (Å²) in [5.74, 6) is 1.45. The van der Waals surface area contributed by atoms with Crippen molar-refractivity contribution in [1.29, 1.82) is 0 Å². The summed E-state index contributed by atoms with van der Waals surface area (Å²) in [6, 6.07) is 3.20. The Balaban J connectivity index is 2.76.